The van der Waals surface area contributed by atoms with Gasteiger partial charge in [-0.3, -0.25) is 0 Å². The smallest absolute Gasteiger partial charge is 0.119 e. The monoisotopic (exact) mass is 292 g/mol. The number of nitrogens with one attached hydrogen (secondary N) is 1. The fourth-order valence-electron chi connectivity index (χ4n) is 3.08. The van der Waals surface area contributed by atoms with Gasteiger partial charge in [-0.25, -0.2) is 0 Å². The maximum atomic E-state index is 9.52. The van der Waals surface area contributed by atoms with Gasteiger partial charge in [0.15, 0.2) is 0 Å². The molecule has 118 valence electrons. The molecule has 1 aliphatic heterocycles. The quantitative estimate of drug-likeness (QED) is 0.706. The summed E-state index contributed by atoms with van der Waals surface area (Å²) in [7, 11) is 0. The first kappa shape index (κ1) is 16.1. The van der Waals surface area contributed by atoms with E-state index in [2.05, 4.69) is 24.1 Å². The molecule has 3 N–H and O–H groups in total. The second-order valence-electron chi connectivity index (χ2n) is 6.19. The van der Waals surface area contributed by atoms with Crippen LogP contribution in [0.4, 0.5) is 0 Å². The largest absolute Gasteiger partial charge is 0.508 e. The average molecular weight is 292 g/mol. The maximum Gasteiger partial charge on any atom is 0.119 e. The first-order valence-electron chi connectivity index (χ1n) is 8.06. The zero-order valence-corrected chi connectivity index (χ0v) is 13.2. The van der Waals surface area contributed by atoms with Crippen LogP contribution in [0.3, 0.4) is 0 Å². The molecule has 2 unspecified atom stereocenters. The standard InChI is InChI=1S/C17H28N2O2/c1-13-6-3-4-8-19(13)9-5-7-18-14(2)15-10-16(20)12-17(21)11-15/h10-14,18,20-21H,3-9H2,1-2H3. The number of piperidine rings is 1. The Bertz CT molecular complexity index is 430. The van der Waals surface area contributed by atoms with E-state index in [0.717, 1.165) is 31.1 Å². The number of benzene rings is 1. The Morgan fingerprint density at radius 1 is 1.24 bits per heavy atom. The third kappa shape index (κ3) is 4.90. The van der Waals surface area contributed by atoms with Crippen molar-refractivity contribution in [3.8, 4) is 11.5 Å². The van der Waals surface area contributed by atoms with Gasteiger partial charge >= 0.3 is 0 Å². The molecular formula is C17H28N2O2. The topological polar surface area (TPSA) is 55.7 Å². The van der Waals surface area contributed by atoms with Gasteiger partial charge in [-0.15, -0.1) is 0 Å². The molecule has 0 amide bonds. The second kappa shape index (κ2) is 7.66. The second-order valence-corrected chi connectivity index (χ2v) is 6.19. The van der Waals surface area contributed by atoms with Gasteiger partial charge in [-0.2, -0.15) is 0 Å². The van der Waals surface area contributed by atoms with Crippen LogP contribution in [-0.2, 0) is 0 Å². The summed E-state index contributed by atoms with van der Waals surface area (Å²) in [5.74, 6) is 0.224. The lowest BCUT2D eigenvalue weighted by atomic mass is 10.0. The molecule has 0 spiro atoms. The highest BCUT2D eigenvalue weighted by Crippen LogP contribution is 2.24. The molecule has 1 fully saturated rings. The first-order chi connectivity index (χ1) is 10.1. The Kier molecular flexibility index (Phi) is 5.88. The zero-order chi connectivity index (χ0) is 15.2. The van der Waals surface area contributed by atoms with E-state index in [-0.39, 0.29) is 17.5 Å². The molecule has 0 saturated carbocycles. The van der Waals surface area contributed by atoms with Gasteiger partial charge in [0, 0.05) is 18.2 Å². The van der Waals surface area contributed by atoms with Gasteiger partial charge in [0.25, 0.3) is 0 Å². The number of phenolic OH excluding ortho intramolecular Hbond substituents is 2. The number of phenols is 2. The molecule has 21 heavy (non-hydrogen) atoms. The van der Waals surface area contributed by atoms with Crippen LogP contribution in [0.25, 0.3) is 0 Å². The summed E-state index contributed by atoms with van der Waals surface area (Å²) < 4.78 is 0. The minimum atomic E-state index is 0.112. The summed E-state index contributed by atoms with van der Waals surface area (Å²) >= 11 is 0. The van der Waals surface area contributed by atoms with Gasteiger partial charge in [-0.05, 0) is 70.4 Å². The highest BCUT2D eigenvalue weighted by Gasteiger charge is 2.17. The van der Waals surface area contributed by atoms with Gasteiger partial charge in [0.1, 0.15) is 11.5 Å². The molecule has 1 aromatic rings. The number of hydrogen-bond acceptors (Lipinski definition) is 4. The van der Waals surface area contributed by atoms with Gasteiger partial charge < -0.3 is 20.4 Å². The van der Waals surface area contributed by atoms with Gasteiger partial charge in [0.2, 0.25) is 0 Å². The lowest BCUT2D eigenvalue weighted by molar-refractivity contribution is 0.158. The van der Waals surface area contributed by atoms with Gasteiger partial charge in [-0.1, -0.05) is 6.42 Å². The van der Waals surface area contributed by atoms with Crippen LogP contribution in [0.2, 0.25) is 0 Å². The average Bonchev–Trinajstić information content (AvgIpc) is 2.44. The van der Waals surface area contributed by atoms with E-state index in [1.807, 2.05) is 0 Å². The molecular weight excluding hydrogens is 264 g/mol. The predicted molar refractivity (Wildman–Crippen MR) is 85.7 cm³/mol. The Balaban J connectivity index is 1.72. The van der Waals surface area contributed by atoms with E-state index in [1.165, 1.54) is 31.9 Å². The summed E-state index contributed by atoms with van der Waals surface area (Å²) in [6.45, 7) is 7.70. The van der Waals surface area contributed by atoms with Crippen LogP contribution in [0, 0.1) is 0 Å². The predicted octanol–water partition coefficient (Wildman–Crippen LogP) is 3.01. The number of rotatable bonds is 6. The molecule has 1 aliphatic rings. The first-order valence-corrected chi connectivity index (χ1v) is 8.06. The van der Waals surface area contributed by atoms with E-state index >= 15 is 0 Å². The van der Waals surface area contributed by atoms with Crippen LogP contribution in [0.1, 0.15) is 51.1 Å². The molecule has 1 aromatic carbocycles. The molecule has 4 nitrogen and oxygen atoms in total. The zero-order valence-electron chi connectivity index (χ0n) is 13.2. The molecule has 0 radical (unpaired) electrons. The summed E-state index contributed by atoms with van der Waals surface area (Å²) in [5, 5.41) is 22.5. The van der Waals surface area contributed by atoms with E-state index in [1.54, 1.807) is 12.1 Å². The SMILES string of the molecule is CC(NCCCN1CCCCC1C)c1cc(O)cc(O)c1. The number of likely N-dealkylation sites (tertiary alicyclic amines) is 1. The summed E-state index contributed by atoms with van der Waals surface area (Å²) in [6.07, 6.45) is 5.15. The fraction of sp³-hybridized carbons (Fsp3) is 0.647. The van der Waals surface area contributed by atoms with Crippen LogP contribution in [0.15, 0.2) is 18.2 Å². The Hall–Kier alpha value is -1.26. The van der Waals surface area contributed by atoms with E-state index < -0.39 is 0 Å². The lowest BCUT2D eigenvalue weighted by Crippen LogP contribution is -2.39. The maximum absolute atomic E-state index is 9.52. The Morgan fingerprint density at radius 2 is 1.95 bits per heavy atom. The van der Waals surface area contributed by atoms with Crippen molar-refractivity contribution < 1.29 is 10.2 Å². The molecule has 2 atom stereocenters. The lowest BCUT2D eigenvalue weighted by Gasteiger charge is -2.33. The Morgan fingerprint density at radius 3 is 2.62 bits per heavy atom. The highest BCUT2D eigenvalue weighted by atomic mass is 16.3. The third-order valence-electron chi connectivity index (χ3n) is 4.44. The highest BCUT2D eigenvalue weighted by molar-refractivity contribution is 5.37. The summed E-state index contributed by atoms with van der Waals surface area (Å²) in [4.78, 5) is 2.58. The Labute approximate surface area is 127 Å². The normalized spacial score (nSPS) is 21.3. The van der Waals surface area contributed by atoms with Crippen LogP contribution >= 0.6 is 0 Å². The van der Waals surface area contributed by atoms with Crippen molar-refractivity contribution in [3.05, 3.63) is 23.8 Å². The van der Waals surface area contributed by atoms with Crippen molar-refractivity contribution in [1.82, 2.24) is 10.2 Å². The number of nitrogens with zero attached hydrogens (tertiary/aromatic N) is 1. The molecule has 2 rings (SSSR count). The van der Waals surface area contributed by atoms with Crippen molar-refractivity contribution in [3.63, 3.8) is 0 Å². The minimum absolute atomic E-state index is 0.112. The third-order valence-corrected chi connectivity index (χ3v) is 4.44. The molecule has 1 heterocycles. The van der Waals surface area contributed by atoms with Crippen molar-refractivity contribution in [1.29, 1.82) is 0 Å². The molecule has 1 saturated heterocycles. The molecule has 4 heteroatoms. The number of aromatic hydroxyl groups is 2. The molecule has 0 aromatic heterocycles. The van der Waals surface area contributed by atoms with E-state index in [9.17, 15) is 10.2 Å². The summed E-state index contributed by atoms with van der Waals surface area (Å²) in [6, 6.07) is 5.60. The fourth-order valence-corrected chi connectivity index (χ4v) is 3.08. The molecule has 0 aliphatic carbocycles. The van der Waals surface area contributed by atoms with E-state index in [4.69, 9.17) is 0 Å². The van der Waals surface area contributed by atoms with Crippen molar-refractivity contribution in [2.45, 2.75) is 51.6 Å². The van der Waals surface area contributed by atoms with Crippen molar-refractivity contribution in [2.75, 3.05) is 19.6 Å². The summed E-state index contributed by atoms with van der Waals surface area (Å²) in [5.41, 5.74) is 0.916. The molecule has 0 bridgehead atoms. The van der Waals surface area contributed by atoms with Gasteiger partial charge in [0.05, 0.1) is 0 Å². The minimum Gasteiger partial charge on any atom is -0.508 e. The van der Waals surface area contributed by atoms with Crippen LogP contribution in [0.5, 0.6) is 11.5 Å². The van der Waals surface area contributed by atoms with Crippen molar-refractivity contribution >= 4 is 0 Å². The van der Waals surface area contributed by atoms with Crippen LogP contribution < -0.4 is 5.32 Å². The van der Waals surface area contributed by atoms with Crippen LogP contribution in [-0.4, -0.2) is 40.8 Å². The van der Waals surface area contributed by atoms with Crippen molar-refractivity contribution in [2.24, 2.45) is 0 Å². The number of hydrogen-bond donors (Lipinski definition) is 3. The van der Waals surface area contributed by atoms with E-state index in [0.29, 0.717) is 0 Å².